The van der Waals surface area contributed by atoms with Crippen LogP contribution in [0.2, 0.25) is 5.02 Å². The quantitative estimate of drug-likeness (QED) is 0.704. The molecule has 0 amide bonds. The minimum absolute atomic E-state index is 0.0853. The van der Waals surface area contributed by atoms with Crippen molar-refractivity contribution in [2.45, 2.75) is 18.0 Å². The summed E-state index contributed by atoms with van der Waals surface area (Å²) in [5.41, 5.74) is -3.96. The molecule has 0 aliphatic carbocycles. The maximum atomic E-state index is 13.2. The SMILES string of the molecule is COc1ccc([C@H]2CC(c3cccc(Cl)c3)=CN2S(=O)(=O)C(F)(F)F)cc1. The third-order valence-corrected chi connectivity index (χ3v) is 6.00. The molecule has 0 unspecified atom stereocenters. The van der Waals surface area contributed by atoms with Crippen LogP contribution in [0.4, 0.5) is 13.2 Å². The number of sulfonamides is 1. The van der Waals surface area contributed by atoms with E-state index in [4.69, 9.17) is 16.3 Å². The molecular weight excluding hydrogens is 403 g/mol. The standard InChI is InChI=1S/C18H15ClF3NO3S/c1-26-16-7-5-12(6-8-16)17-10-14(13-3-2-4-15(19)9-13)11-23(17)27(24,25)18(20,21)22/h2-9,11,17H,10H2,1H3/t17-/m1/s1. The average molecular weight is 418 g/mol. The molecule has 144 valence electrons. The van der Waals surface area contributed by atoms with Gasteiger partial charge in [0.1, 0.15) is 5.75 Å². The highest BCUT2D eigenvalue weighted by molar-refractivity contribution is 7.90. The predicted octanol–water partition coefficient (Wildman–Crippen LogP) is 4.99. The van der Waals surface area contributed by atoms with E-state index in [2.05, 4.69) is 0 Å². The van der Waals surface area contributed by atoms with Crippen LogP contribution in [0.3, 0.4) is 0 Å². The second-order valence-electron chi connectivity index (χ2n) is 5.94. The van der Waals surface area contributed by atoms with E-state index >= 15 is 0 Å². The van der Waals surface area contributed by atoms with Crippen molar-refractivity contribution in [2.75, 3.05) is 7.11 Å². The molecule has 0 aromatic heterocycles. The van der Waals surface area contributed by atoms with Crippen molar-refractivity contribution >= 4 is 27.2 Å². The third-order valence-electron chi connectivity index (χ3n) is 4.27. The molecule has 1 heterocycles. The van der Waals surface area contributed by atoms with Crippen LogP contribution in [-0.4, -0.2) is 25.3 Å². The summed E-state index contributed by atoms with van der Waals surface area (Å²) in [5, 5.41) is 0.409. The molecule has 9 heteroatoms. The number of halogens is 4. The molecule has 1 atom stereocenters. The smallest absolute Gasteiger partial charge is 0.497 e. The van der Waals surface area contributed by atoms with Gasteiger partial charge in [0, 0.05) is 17.6 Å². The van der Waals surface area contributed by atoms with Gasteiger partial charge >= 0.3 is 15.5 Å². The lowest BCUT2D eigenvalue weighted by Gasteiger charge is -2.26. The van der Waals surface area contributed by atoms with Gasteiger partial charge in [-0.1, -0.05) is 35.9 Å². The zero-order valence-corrected chi connectivity index (χ0v) is 15.6. The number of ether oxygens (including phenoxy) is 1. The van der Waals surface area contributed by atoms with Crippen LogP contribution in [-0.2, 0) is 10.0 Å². The zero-order valence-electron chi connectivity index (χ0n) is 14.1. The van der Waals surface area contributed by atoms with E-state index in [0.29, 0.717) is 31.8 Å². The second-order valence-corrected chi connectivity index (χ2v) is 8.21. The number of methoxy groups -OCH3 is 1. The van der Waals surface area contributed by atoms with Gasteiger partial charge in [-0.3, -0.25) is 4.31 Å². The molecule has 4 nitrogen and oxygen atoms in total. The van der Waals surface area contributed by atoms with Crippen LogP contribution in [0.25, 0.3) is 5.57 Å². The van der Waals surface area contributed by atoms with Crippen LogP contribution in [0.1, 0.15) is 23.6 Å². The molecule has 0 bridgehead atoms. The van der Waals surface area contributed by atoms with Gasteiger partial charge in [-0.25, -0.2) is 0 Å². The van der Waals surface area contributed by atoms with Crippen LogP contribution in [0.5, 0.6) is 5.75 Å². The number of benzene rings is 2. The molecule has 1 aliphatic rings. The van der Waals surface area contributed by atoms with E-state index in [-0.39, 0.29) is 6.42 Å². The summed E-state index contributed by atoms with van der Waals surface area (Å²) in [5.74, 6) is 0.519. The summed E-state index contributed by atoms with van der Waals surface area (Å²) in [4.78, 5) is 0. The Labute approximate surface area is 159 Å². The Morgan fingerprint density at radius 2 is 1.81 bits per heavy atom. The predicted molar refractivity (Wildman–Crippen MR) is 96.6 cm³/mol. The lowest BCUT2D eigenvalue weighted by molar-refractivity contribution is -0.0484. The molecule has 2 aromatic carbocycles. The molecule has 0 N–H and O–H groups in total. The van der Waals surface area contributed by atoms with Crippen molar-refractivity contribution in [1.29, 1.82) is 0 Å². The number of alkyl halides is 3. The van der Waals surface area contributed by atoms with E-state index < -0.39 is 21.6 Å². The summed E-state index contributed by atoms with van der Waals surface area (Å²) in [6, 6.07) is 11.8. The minimum atomic E-state index is -5.55. The molecule has 0 radical (unpaired) electrons. The van der Waals surface area contributed by atoms with Gasteiger partial charge in [-0.15, -0.1) is 0 Å². The van der Waals surface area contributed by atoms with Gasteiger partial charge in [0.25, 0.3) is 0 Å². The van der Waals surface area contributed by atoms with Gasteiger partial charge in [0.05, 0.1) is 13.2 Å². The number of nitrogens with zero attached hydrogens (tertiary/aromatic N) is 1. The fourth-order valence-corrected chi connectivity index (χ4v) is 4.15. The monoisotopic (exact) mass is 417 g/mol. The Bertz CT molecular complexity index is 972. The Morgan fingerprint density at radius 1 is 1.15 bits per heavy atom. The molecule has 0 saturated carbocycles. The second kappa shape index (κ2) is 7.09. The van der Waals surface area contributed by atoms with Gasteiger partial charge < -0.3 is 4.74 Å². The van der Waals surface area contributed by atoms with Crippen molar-refractivity contribution in [3.05, 3.63) is 70.9 Å². The summed E-state index contributed by atoms with van der Waals surface area (Å²) in [6.07, 6.45) is 1.12. The van der Waals surface area contributed by atoms with Crippen molar-refractivity contribution in [2.24, 2.45) is 0 Å². The Hall–Kier alpha value is -2.19. The number of hydrogen-bond donors (Lipinski definition) is 0. The molecular formula is C18H15ClF3NO3S. The highest BCUT2D eigenvalue weighted by Gasteiger charge is 2.52. The largest absolute Gasteiger partial charge is 0.516 e. The first-order valence-corrected chi connectivity index (χ1v) is 9.65. The maximum Gasteiger partial charge on any atom is 0.516 e. The molecule has 27 heavy (non-hydrogen) atoms. The molecule has 1 aliphatic heterocycles. The van der Waals surface area contributed by atoms with Gasteiger partial charge in [-0.2, -0.15) is 21.6 Å². The molecule has 2 aromatic rings. The lowest BCUT2D eigenvalue weighted by Crippen LogP contribution is -2.37. The molecule has 0 saturated heterocycles. The lowest BCUT2D eigenvalue weighted by atomic mass is 9.98. The first-order chi connectivity index (χ1) is 12.6. The van der Waals surface area contributed by atoms with Crippen molar-refractivity contribution in [1.82, 2.24) is 4.31 Å². The fraction of sp³-hybridized carbons (Fsp3) is 0.222. The highest BCUT2D eigenvalue weighted by atomic mass is 35.5. The van der Waals surface area contributed by atoms with E-state index in [1.165, 1.54) is 7.11 Å². The zero-order chi connectivity index (χ0) is 19.8. The normalized spacial score (nSPS) is 17.7. The molecule has 0 fully saturated rings. The van der Waals surface area contributed by atoms with Gasteiger partial charge in [0.15, 0.2) is 0 Å². The summed E-state index contributed by atoms with van der Waals surface area (Å²) in [7, 11) is -4.09. The topological polar surface area (TPSA) is 46.6 Å². The maximum absolute atomic E-state index is 13.2. The minimum Gasteiger partial charge on any atom is -0.497 e. The Morgan fingerprint density at radius 3 is 2.37 bits per heavy atom. The van der Waals surface area contributed by atoms with Crippen molar-refractivity contribution < 1.29 is 26.3 Å². The van der Waals surface area contributed by atoms with Crippen LogP contribution < -0.4 is 4.74 Å². The van der Waals surface area contributed by atoms with Crippen molar-refractivity contribution in [3.8, 4) is 5.75 Å². The Kier molecular flexibility index (Phi) is 5.14. The summed E-state index contributed by atoms with van der Waals surface area (Å²) < 4.78 is 69.2. The summed E-state index contributed by atoms with van der Waals surface area (Å²) >= 11 is 5.96. The Balaban J connectivity index is 2.06. The van der Waals surface area contributed by atoms with Crippen LogP contribution >= 0.6 is 11.6 Å². The summed E-state index contributed by atoms with van der Waals surface area (Å²) in [6.45, 7) is 0. The van der Waals surface area contributed by atoms with Crippen molar-refractivity contribution in [3.63, 3.8) is 0 Å². The molecule has 0 spiro atoms. The first kappa shape index (κ1) is 19.6. The fourth-order valence-electron chi connectivity index (χ4n) is 2.92. The van der Waals surface area contributed by atoms with E-state index in [1.807, 2.05) is 0 Å². The van der Waals surface area contributed by atoms with Gasteiger partial charge in [-0.05, 0) is 41.0 Å². The number of hydrogen-bond acceptors (Lipinski definition) is 3. The van der Waals surface area contributed by atoms with E-state index in [0.717, 1.165) is 6.20 Å². The average Bonchev–Trinajstić information content (AvgIpc) is 3.07. The van der Waals surface area contributed by atoms with E-state index in [1.54, 1.807) is 48.5 Å². The van der Waals surface area contributed by atoms with Crippen LogP contribution in [0.15, 0.2) is 54.7 Å². The third kappa shape index (κ3) is 3.77. The highest BCUT2D eigenvalue weighted by Crippen LogP contribution is 2.44. The number of rotatable bonds is 4. The molecule has 3 rings (SSSR count). The van der Waals surface area contributed by atoms with Gasteiger partial charge in [0.2, 0.25) is 0 Å². The van der Waals surface area contributed by atoms with E-state index in [9.17, 15) is 21.6 Å². The first-order valence-electron chi connectivity index (χ1n) is 7.84. The van der Waals surface area contributed by atoms with Crippen LogP contribution in [0, 0.1) is 0 Å².